The van der Waals surface area contributed by atoms with E-state index in [2.05, 4.69) is 0 Å². The van der Waals surface area contributed by atoms with Gasteiger partial charge in [0, 0.05) is 12.1 Å². The smallest absolute Gasteiger partial charge is 0.233 e. The van der Waals surface area contributed by atoms with Crippen molar-refractivity contribution in [2.45, 2.75) is 19.4 Å². The van der Waals surface area contributed by atoms with Gasteiger partial charge in [0.2, 0.25) is 11.7 Å². The number of carbonyl (C=O) groups excluding carboxylic acids is 1. The van der Waals surface area contributed by atoms with Crippen molar-refractivity contribution in [3.63, 3.8) is 0 Å². The number of phenols is 1. The average Bonchev–Trinajstić information content (AvgIpc) is 2.71. The molecular formula is C21H25NO6. The first-order valence-electron chi connectivity index (χ1n) is 9.00. The lowest BCUT2D eigenvalue weighted by atomic mass is 9.80. The zero-order valence-corrected chi connectivity index (χ0v) is 16.7. The van der Waals surface area contributed by atoms with E-state index in [4.69, 9.17) is 18.9 Å². The molecule has 0 bridgehead atoms. The van der Waals surface area contributed by atoms with Gasteiger partial charge in [0.1, 0.15) is 0 Å². The largest absolute Gasteiger partial charge is 0.504 e. The number of nitrogens with zero attached hydrogens (tertiary/aromatic N) is 1. The molecule has 1 heterocycles. The Bertz CT molecular complexity index is 856. The van der Waals surface area contributed by atoms with Crippen LogP contribution in [0.4, 0.5) is 5.69 Å². The maximum atomic E-state index is 12.9. The number of phenolic OH excluding ortho intramolecular Hbond substituents is 1. The fourth-order valence-electron chi connectivity index (χ4n) is 3.71. The van der Waals surface area contributed by atoms with E-state index in [9.17, 15) is 9.90 Å². The summed E-state index contributed by atoms with van der Waals surface area (Å²) in [5.74, 6) is 1.68. The Morgan fingerprint density at radius 3 is 2.00 bits per heavy atom. The maximum Gasteiger partial charge on any atom is 0.233 e. The molecule has 0 spiro atoms. The third kappa shape index (κ3) is 3.06. The molecule has 28 heavy (non-hydrogen) atoms. The first-order valence-corrected chi connectivity index (χ1v) is 9.00. The van der Waals surface area contributed by atoms with Crippen LogP contribution in [0.1, 0.15) is 24.9 Å². The van der Waals surface area contributed by atoms with E-state index < -0.39 is 0 Å². The molecule has 2 atom stereocenters. The Balaban J connectivity index is 2.07. The summed E-state index contributed by atoms with van der Waals surface area (Å²) in [5, 5.41) is 10.2. The molecule has 2 aromatic carbocycles. The molecule has 7 heteroatoms. The summed E-state index contributed by atoms with van der Waals surface area (Å²) in [6.45, 7) is 1.98. The summed E-state index contributed by atoms with van der Waals surface area (Å²) in [7, 11) is 6.10. The highest BCUT2D eigenvalue weighted by Gasteiger charge is 2.48. The minimum absolute atomic E-state index is 0.0112. The maximum absolute atomic E-state index is 12.9. The van der Waals surface area contributed by atoms with Crippen molar-refractivity contribution in [3.05, 3.63) is 35.9 Å². The van der Waals surface area contributed by atoms with E-state index in [-0.39, 0.29) is 23.6 Å². The van der Waals surface area contributed by atoms with Crippen LogP contribution in [0.5, 0.6) is 28.7 Å². The number of aromatic hydroxyl groups is 1. The SMILES string of the molecule is CCC1C(=O)N(c2cc(OC)c(OC)c(OC)c2)[C@H]1c1ccc(OC)c(O)c1. The third-order valence-electron chi connectivity index (χ3n) is 5.13. The Hall–Kier alpha value is -3.09. The zero-order chi connectivity index (χ0) is 20.4. The average molecular weight is 387 g/mol. The second-order valence-corrected chi connectivity index (χ2v) is 6.48. The van der Waals surface area contributed by atoms with Crippen LogP contribution in [0.2, 0.25) is 0 Å². The molecule has 7 nitrogen and oxygen atoms in total. The van der Waals surface area contributed by atoms with Gasteiger partial charge in [0.15, 0.2) is 23.0 Å². The van der Waals surface area contributed by atoms with Crippen LogP contribution in [-0.2, 0) is 4.79 Å². The topological polar surface area (TPSA) is 77.5 Å². The number of rotatable bonds is 7. The molecule has 0 saturated carbocycles. The standard InChI is InChI=1S/C21H25NO6/c1-6-14-19(12-7-8-16(25-2)15(23)9-12)22(21(14)24)13-10-17(26-3)20(28-5)18(11-13)27-4/h7-11,14,19,23H,6H2,1-5H3/t14?,19-/m0/s1. The fourth-order valence-corrected chi connectivity index (χ4v) is 3.71. The summed E-state index contributed by atoms with van der Waals surface area (Å²) in [6, 6.07) is 8.50. The molecule has 0 radical (unpaired) electrons. The molecule has 1 amide bonds. The van der Waals surface area contributed by atoms with Crippen molar-refractivity contribution < 1.29 is 28.8 Å². The van der Waals surface area contributed by atoms with Crippen LogP contribution in [0.3, 0.4) is 0 Å². The van der Waals surface area contributed by atoms with Crippen molar-refractivity contribution in [2.24, 2.45) is 5.92 Å². The van der Waals surface area contributed by atoms with Crippen LogP contribution >= 0.6 is 0 Å². The minimum atomic E-state index is -0.211. The van der Waals surface area contributed by atoms with Gasteiger partial charge in [-0.1, -0.05) is 13.0 Å². The molecule has 150 valence electrons. The number of hydrogen-bond acceptors (Lipinski definition) is 6. The predicted octanol–water partition coefficient (Wildman–Crippen LogP) is 3.54. The second kappa shape index (κ2) is 7.88. The van der Waals surface area contributed by atoms with Gasteiger partial charge in [0.25, 0.3) is 0 Å². The number of amides is 1. The third-order valence-corrected chi connectivity index (χ3v) is 5.13. The lowest BCUT2D eigenvalue weighted by Crippen LogP contribution is -2.55. The monoisotopic (exact) mass is 387 g/mol. The molecule has 1 aliphatic heterocycles. The highest BCUT2D eigenvalue weighted by molar-refractivity contribution is 6.03. The second-order valence-electron chi connectivity index (χ2n) is 6.48. The molecular weight excluding hydrogens is 362 g/mol. The number of β-lactam (4-membered cyclic amide) rings is 1. The van der Waals surface area contributed by atoms with Gasteiger partial charge in [0.05, 0.1) is 46.1 Å². The minimum Gasteiger partial charge on any atom is -0.504 e. The zero-order valence-electron chi connectivity index (χ0n) is 16.7. The van der Waals surface area contributed by atoms with Crippen LogP contribution in [0, 0.1) is 5.92 Å². The van der Waals surface area contributed by atoms with Crippen molar-refractivity contribution >= 4 is 11.6 Å². The van der Waals surface area contributed by atoms with E-state index >= 15 is 0 Å². The summed E-state index contributed by atoms with van der Waals surface area (Å²) in [4.78, 5) is 14.6. The van der Waals surface area contributed by atoms with E-state index in [1.165, 1.54) is 28.4 Å². The first-order chi connectivity index (χ1) is 13.5. The van der Waals surface area contributed by atoms with Gasteiger partial charge in [-0.05, 0) is 24.1 Å². The quantitative estimate of drug-likeness (QED) is 0.732. The van der Waals surface area contributed by atoms with Gasteiger partial charge < -0.3 is 29.0 Å². The Kier molecular flexibility index (Phi) is 5.53. The van der Waals surface area contributed by atoms with Crippen LogP contribution in [-0.4, -0.2) is 39.5 Å². The molecule has 3 rings (SSSR count). The summed E-state index contributed by atoms with van der Waals surface area (Å²) < 4.78 is 21.3. The van der Waals surface area contributed by atoms with Gasteiger partial charge in [-0.15, -0.1) is 0 Å². The lowest BCUT2D eigenvalue weighted by molar-refractivity contribution is -0.130. The van der Waals surface area contributed by atoms with E-state index in [1.54, 1.807) is 29.2 Å². The highest BCUT2D eigenvalue weighted by Crippen LogP contribution is 2.50. The van der Waals surface area contributed by atoms with Crippen LogP contribution in [0.15, 0.2) is 30.3 Å². The summed E-state index contributed by atoms with van der Waals surface area (Å²) in [5.41, 5.74) is 1.48. The first kappa shape index (κ1) is 19.7. The summed E-state index contributed by atoms with van der Waals surface area (Å²) >= 11 is 0. The number of benzene rings is 2. The van der Waals surface area contributed by atoms with E-state index in [0.29, 0.717) is 35.1 Å². The van der Waals surface area contributed by atoms with Crippen LogP contribution < -0.4 is 23.8 Å². The molecule has 1 aliphatic rings. The molecule has 2 aromatic rings. The molecule has 1 fully saturated rings. The molecule has 0 aromatic heterocycles. The van der Waals surface area contributed by atoms with Gasteiger partial charge >= 0.3 is 0 Å². The Morgan fingerprint density at radius 1 is 0.929 bits per heavy atom. The van der Waals surface area contributed by atoms with Gasteiger partial charge in [-0.3, -0.25) is 4.79 Å². The number of ether oxygens (including phenoxy) is 4. The highest BCUT2D eigenvalue weighted by atomic mass is 16.5. The van der Waals surface area contributed by atoms with Crippen LogP contribution in [0.25, 0.3) is 0 Å². The number of anilines is 1. The molecule has 1 saturated heterocycles. The normalized spacial score (nSPS) is 18.5. The van der Waals surface area contributed by atoms with Crippen molar-refractivity contribution in [1.29, 1.82) is 0 Å². The van der Waals surface area contributed by atoms with E-state index in [0.717, 1.165) is 5.56 Å². The fraction of sp³-hybridized carbons (Fsp3) is 0.381. The van der Waals surface area contributed by atoms with Gasteiger partial charge in [-0.2, -0.15) is 0 Å². The van der Waals surface area contributed by atoms with Gasteiger partial charge in [-0.25, -0.2) is 0 Å². The molecule has 0 aliphatic carbocycles. The van der Waals surface area contributed by atoms with Crippen molar-refractivity contribution in [1.82, 2.24) is 0 Å². The molecule has 1 unspecified atom stereocenters. The number of hydrogen-bond donors (Lipinski definition) is 1. The number of methoxy groups -OCH3 is 4. The number of carbonyl (C=O) groups is 1. The predicted molar refractivity (Wildman–Crippen MR) is 105 cm³/mol. The summed E-state index contributed by atoms with van der Waals surface area (Å²) in [6.07, 6.45) is 0.692. The Morgan fingerprint density at radius 2 is 1.54 bits per heavy atom. The Labute approximate surface area is 164 Å². The van der Waals surface area contributed by atoms with E-state index in [1.807, 2.05) is 13.0 Å². The van der Waals surface area contributed by atoms with Crippen molar-refractivity contribution in [2.75, 3.05) is 33.3 Å². The van der Waals surface area contributed by atoms with Crippen molar-refractivity contribution in [3.8, 4) is 28.7 Å². The molecule has 1 N–H and O–H groups in total. The lowest BCUT2D eigenvalue weighted by Gasteiger charge is -2.47.